The van der Waals surface area contributed by atoms with E-state index in [1.54, 1.807) is 11.9 Å². The maximum Gasteiger partial charge on any atom is 0.215 e. The summed E-state index contributed by atoms with van der Waals surface area (Å²) >= 11 is 0. The van der Waals surface area contributed by atoms with Crippen LogP contribution in [0, 0.1) is 0 Å². The summed E-state index contributed by atoms with van der Waals surface area (Å²) < 4.78 is 7.22. The number of nitrogens with zero attached hydrogens (tertiary/aromatic N) is 4. The zero-order valence-corrected chi connectivity index (χ0v) is 12.9. The lowest BCUT2D eigenvalue weighted by molar-refractivity contribution is -0.107. The summed E-state index contributed by atoms with van der Waals surface area (Å²) in [5.41, 5.74) is 6.79. The Balaban J connectivity index is 2.08. The molecule has 0 saturated carbocycles. The van der Waals surface area contributed by atoms with Gasteiger partial charge in [0, 0.05) is 45.3 Å². The van der Waals surface area contributed by atoms with Gasteiger partial charge in [0.2, 0.25) is 6.41 Å². The highest BCUT2D eigenvalue weighted by molar-refractivity contribution is 5.72. The van der Waals surface area contributed by atoms with Gasteiger partial charge in [0.25, 0.3) is 0 Å². The van der Waals surface area contributed by atoms with Gasteiger partial charge in [0.15, 0.2) is 0 Å². The highest BCUT2D eigenvalue weighted by Gasteiger charge is 2.16. The number of hydrogen-bond donors (Lipinski definition) is 1. The number of ether oxygens (including phenoxy) is 1. The van der Waals surface area contributed by atoms with Crippen LogP contribution in [0.15, 0.2) is 6.07 Å². The van der Waals surface area contributed by atoms with Gasteiger partial charge >= 0.3 is 0 Å². The Bertz CT molecular complexity index is 454. The van der Waals surface area contributed by atoms with Crippen LogP contribution in [0.1, 0.15) is 19.0 Å². The molecule has 1 aliphatic rings. The fourth-order valence-electron chi connectivity index (χ4n) is 2.35. The Hall–Kier alpha value is -1.44. The van der Waals surface area contributed by atoms with E-state index in [4.69, 9.17) is 10.5 Å². The average Bonchev–Trinajstić information content (AvgIpc) is 2.88. The molecule has 21 heavy (non-hydrogen) atoms. The first kappa shape index (κ1) is 15.9. The summed E-state index contributed by atoms with van der Waals surface area (Å²) in [4.78, 5) is 14.9. The van der Waals surface area contributed by atoms with Gasteiger partial charge in [-0.15, -0.1) is 0 Å². The van der Waals surface area contributed by atoms with E-state index >= 15 is 0 Å². The van der Waals surface area contributed by atoms with Crippen molar-refractivity contribution in [2.45, 2.75) is 32.5 Å². The molecule has 0 spiro atoms. The topological polar surface area (TPSA) is 76.6 Å². The first-order chi connectivity index (χ1) is 10.1. The van der Waals surface area contributed by atoms with E-state index in [1.165, 1.54) is 0 Å². The number of aryl methyl sites for hydroxylation is 1. The summed E-state index contributed by atoms with van der Waals surface area (Å²) in [7, 11) is 1.74. The molecule has 0 bridgehead atoms. The maximum absolute atomic E-state index is 11.0. The van der Waals surface area contributed by atoms with Crippen LogP contribution in [0.5, 0.6) is 0 Å². The van der Waals surface area contributed by atoms with E-state index in [9.17, 15) is 4.79 Å². The number of morpholine rings is 1. The number of nitrogens with two attached hydrogens (primary N) is 1. The van der Waals surface area contributed by atoms with Crippen molar-refractivity contribution >= 4 is 12.2 Å². The third-order valence-corrected chi connectivity index (χ3v) is 3.61. The first-order valence-corrected chi connectivity index (χ1v) is 7.40. The zero-order chi connectivity index (χ0) is 15.2. The number of rotatable bonds is 7. The largest absolute Gasteiger partial charge is 0.379 e. The molecule has 1 saturated heterocycles. The van der Waals surface area contributed by atoms with Crippen LogP contribution in [0.3, 0.4) is 0 Å². The van der Waals surface area contributed by atoms with E-state index in [1.807, 2.05) is 17.7 Å². The minimum absolute atomic E-state index is 0.117. The van der Waals surface area contributed by atoms with Gasteiger partial charge in [-0.2, -0.15) is 5.10 Å². The number of carbonyl (C=O) groups excluding carboxylic acids is 1. The molecule has 0 radical (unpaired) electrons. The molecule has 7 heteroatoms. The van der Waals surface area contributed by atoms with Crippen LogP contribution in [0.4, 0.5) is 5.82 Å². The number of aromatic nitrogens is 2. The Labute approximate surface area is 125 Å². The summed E-state index contributed by atoms with van der Waals surface area (Å²) in [5.74, 6) is 0.814. The number of anilines is 1. The second-order valence-electron chi connectivity index (χ2n) is 5.59. The van der Waals surface area contributed by atoms with Crippen LogP contribution >= 0.6 is 0 Å². The highest BCUT2D eigenvalue weighted by atomic mass is 16.5. The van der Waals surface area contributed by atoms with E-state index in [0.717, 1.165) is 57.2 Å². The molecular weight excluding hydrogens is 270 g/mol. The minimum Gasteiger partial charge on any atom is -0.379 e. The van der Waals surface area contributed by atoms with E-state index in [-0.39, 0.29) is 6.04 Å². The Morgan fingerprint density at radius 1 is 1.52 bits per heavy atom. The summed E-state index contributed by atoms with van der Waals surface area (Å²) in [6.07, 6.45) is 1.64. The molecule has 7 nitrogen and oxygen atoms in total. The normalized spacial score (nSPS) is 17.7. The highest BCUT2D eigenvalue weighted by Crippen LogP contribution is 2.17. The molecule has 1 atom stereocenters. The van der Waals surface area contributed by atoms with Crippen molar-refractivity contribution in [2.75, 3.05) is 38.3 Å². The van der Waals surface area contributed by atoms with Crippen LogP contribution in [0.2, 0.25) is 0 Å². The number of hydrogen-bond acceptors (Lipinski definition) is 5. The second-order valence-corrected chi connectivity index (χ2v) is 5.59. The molecular formula is C14H25N5O2. The van der Waals surface area contributed by atoms with Crippen LogP contribution in [-0.2, 0) is 22.6 Å². The predicted octanol–water partition coefficient (Wildman–Crippen LogP) is 0.0452. The van der Waals surface area contributed by atoms with Crippen LogP contribution in [0.25, 0.3) is 0 Å². The second kappa shape index (κ2) is 7.53. The van der Waals surface area contributed by atoms with Crippen molar-refractivity contribution < 1.29 is 9.53 Å². The summed E-state index contributed by atoms with van der Waals surface area (Å²) in [5, 5.41) is 4.62. The lowest BCUT2D eigenvalue weighted by atomic mass is 10.2. The number of amides is 1. The Kier molecular flexibility index (Phi) is 5.72. The zero-order valence-electron chi connectivity index (χ0n) is 12.9. The third kappa shape index (κ3) is 4.52. The molecule has 2 heterocycles. The van der Waals surface area contributed by atoms with Gasteiger partial charge in [-0.1, -0.05) is 0 Å². The minimum atomic E-state index is 0.117. The molecule has 2 rings (SSSR count). The van der Waals surface area contributed by atoms with Crippen LogP contribution < -0.4 is 10.6 Å². The van der Waals surface area contributed by atoms with Crippen LogP contribution in [-0.4, -0.2) is 60.5 Å². The predicted molar refractivity (Wildman–Crippen MR) is 81.1 cm³/mol. The molecule has 2 N–H and O–H groups in total. The van der Waals surface area contributed by atoms with Crippen molar-refractivity contribution in [3.8, 4) is 0 Å². The summed E-state index contributed by atoms with van der Waals surface area (Å²) in [6, 6.07) is 2.09. The van der Waals surface area contributed by atoms with Crippen molar-refractivity contribution in [3.05, 3.63) is 11.8 Å². The Morgan fingerprint density at radius 2 is 2.24 bits per heavy atom. The fourth-order valence-corrected chi connectivity index (χ4v) is 2.35. The van der Waals surface area contributed by atoms with Gasteiger partial charge in [-0.25, -0.2) is 4.68 Å². The Morgan fingerprint density at radius 3 is 2.86 bits per heavy atom. The molecule has 1 fully saturated rings. The smallest absolute Gasteiger partial charge is 0.215 e. The summed E-state index contributed by atoms with van der Waals surface area (Å²) in [6.45, 7) is 6.86. The first-order valence-electron chi connectivity index (χ1n) is 7.40. The van der Waals surface area contributed by atoms with Gasteiger partial charge < -0.3 is 15.4 Å². The molecule has 1 aromatic heterocycles. The van der Waals surface area contributed by atoms with Gasteiger partial charge in [0.1, 0.15) is 5.82 Å². The van der Waals surface area contributed by atoms with Gasteiger partial charge in [-0.3, -0.25) is 9.69 Å². The average molecular weight is 295 g/mol. The monoisotopic (exact) mass is 295 g/mol. The van der Waals surface area contributed by atoms with Gasteiger partial charge in [-0.05, 0) is 13.3 Å². The van der Waals surface area contributed by atoms with Crippen molar-refractivity contribution in [3.63, 3.8) is 0 Å². The van der Waals surface area contributed by atoms with Crippen molar-refractivity contribution in [2.24, 2.45) is 5.73 Å². The SMILES string of the molecule is CC(N)CCn1nc(CN2CCOCC2)cc1N(C)C=O. The third-order valence-electron chi connectivity index (χ3n) is 3.61. The number of carbonyl (C=O) groups is 1. The molecule has 1 aromatic rings. The quantitative estimate of drug-likeness (QED) is 0.719. The maximum atomic E-state index is 11.0. The van der Waals surface area contributed by atoms with Gasteiger partial charge in [0.05, 0.1) is 18.9 Å². The molecule has 1 unspecified atom stereocenters. The molecule has 1 aliphatic heterocycles. The molecule has 118 valence electrons. The lowest BCUT2D eigenvalue weighted by Gasteiger charge is -2.25. The van der Waals surface area contributed by atoms with E-state index in [0.29, 0.717) is 6.54 Å². The molecule has 0 aliphatic carbocycles. The lowest BCUT2D eigenvalue weighted by Crippen LogP contribution is -2.35. The van der Waals surface area contributed by atoms with Crippen molar-refractivity contribution in [1.82, 2.24) is 14.7 Å². The molecule has 1 amide bonds. The van der Waals surface area contributed by atoms with E-state index < -0.39 is 0 Å². The standard InChI is InChI=1S/C14H25N5O2/c1-12(15)3-4-19-14(17(2)11-20)9-13(16-19)10-18-5-7-21-8-6-18/h9,11-12H,3-8,10,15H2,1-2H3. The fraction of sp³-hybridized carbons (Fsp3) is 0.714. The van der Waals surface area contributed by atoms with E-state index in [2.05, 4.69) is 10.00 Å². The molecule has 0 aromatic carbocycles. The van der Waals surface area contributed by atoms with Crippen molar-refractivity contribution in [1.29, 1.82) is 0 Å².